The molecule has 0 saturated carbocycles. The van der Waals surface area contributed by atoms with E-state index >= 15 is 0 Å². The molecular weight excluding hydrogens is 298 g/mol. The van der Waals surface area contributed by atoms with Crippen molar-refractivity contribution in [2.75, 3.05) is 39.9 Å². The summed E-state index contributed by atoms with van der Waals surface area (Å²) in [7, 11) is 1.69. The largest absolute Gasteiger partial charge is 0.378 e. The van der Waals surface area contributed by atoms with Crippen LogP contribution in [-0.4, -0.2) is 84.7 Å². The van der Waals surface area contributed by atoms with Crippen LogP contribution in [0.3, 0.4) is 0 Å². The van der Waals surface area contributed by atoms with E-state index in [1.807, 2.05) is 0 Å². The number of hydrogen-bond acceptors (Lipinski definition) is 6. The second kappa shape index (κ2) is 6.74. The highest BCUT2D eigenvalue weighted by molar-refractivity contribution is 6.03. The number of fused-ring (bicyclic) bond motifs is 1. The van der Waals surface area contributed by atoms with Gasteiger partial charge < -0.3 is 19.4 Å². The van der Waals surface area contributed by atoms with E-state index in [9.17, 15) is 9.59 Å². The van der Waals surface area contributed by atoms with Gasteiger partial charge in [0.05, 0.1) is 13.2 Å². The maximum Gasteiger partial charge on any atom is 0.325 e. The van der Waals surface area contributed by atoms with Gasteiger partial charge >= 0.3 is 6.03 Å². The van der Waals surface area contributed by atoms with Crippen molar-refractivity contribution in [1.82, 2.24) is 20.0 Å². The van der Waals surface area contributed by atoms with Crippen LogP contribution < -0.4 is 5.32 Å². The molecule has 0 bridgehead atoms. The Hall–Kier alpha value is -1.83. The van der Waals surface area contributed by atoms with Gasteiger partial charge in [-0.1, -0.05) is 19.8 Å². The number of ether oxygens (including phenoxy) is 1. The number of morpholine rings is 1. The lowest BCUT2D eigenvalue weighted by atomic mass is 10.1. The third-order valence-corrected chi connectivity index (χ3v) is 4.64. The normalized spacial score (nSPS) is 27.9. The SMILES string of the molecule is CCCCCN1C(N2CCOCC2)=NC2C1C(=O)NC(=O)N2C. The molecule has 128 valence electrons. The van der Waals surface area contributed by atoms with E-state index in [-0.39, 0.29) is 11.9 Å². The Morgan fingerprint density at radius 1 is 1.26 bits per heavy atom. The summed E-state index contributed by atoms with van der Waals surface area (Å²) in [6.07, 6.45) is 2.81. The number of carbonyl (C=O) groups is 2. The highest BCUT2D eigenvalue weighted by Crippen LogP contribution is 2.26. The maximum atomic E-state index is 12.4. The van der Waals surface area contributed by atoms with E-state index < -0.39 is 12.2 Å². The van der Waals surface area contributed by atoms with Gasteiger partial charge in [0.1, 0.15) is 0 Å². The molecule has 0 aliphatic carbocycles. The number of unbranched alkanes of at least 4 members (excludes halogenated alkanes) is 2. The van der Waals surface area contributed by atoms with Gasteiger partial charge in [0.15, 0.2) is 18.2 Å². The molecule has 2 fully saturated rings. The second-order valence-electron chi connectivity index (χ2n) is 6.19. The van der Waals surface area contributed by atoms with Crippen LogP contribution in [0.25, 0.3) is 0 Å². The fraction of sp³-hybridized carbons (Fsp3) is 0.800. The Kier molecular flexibility index (Phi) is 4.70. The van der Waals surface area contributed by atoms with E-state index in [0.29, 0.717) is 13.2 Å². The van der Waals surface area contributed by atoms with Crippen LogP contribution in [0.2, 0.25) is 0 Å². The topological polar surface area (TPSA) is 77.5 Å². The molecule has 3 aliphatic rings. The zero-order chi connectivity index (χ0) is 16.4. The molecule has 2 unspecified atom stereocenters. The van der Waals surface area contributed by atoms with Crippen LogP contribution in [-0.2, 0) is 9.53 Å². The number of imide groups is 1. The summed E-state index contributed by atoms with van der Waals surface area (Å²) in [4.78, 5) is 34.7. The number of urea groups is 1. The molecule has 3 amide bonds. The fourth-order valence-corrected chi connectivity index (χ4v) is 3.31. The van der Waals surface area contributed by atoms with Gasteiger partial charge in [0.25, 0.3) is 5.91 Å². The number of amides is 3. The molecule has 0 aromatic carbocycles. The van der Waals surface area contributed by atoms with Crippen molar-refractivity contribution in [1.29, 1.82) is 0 Å². The van der Waals surface area contributed by atoms with Crippen molar-refractivity contribution in [2.24, 2.45) is 4.99 Å². The minimum atomic E-state index is -0.435. The first-order valence-corrected chi connectivity index (χ1v) is 8.38. The lowest BCUT2D eigenvalue weighted by molar-refractivity contribution is -0.127. The number of nitrogens with zero attached hydrogens (tertiary/aromatic N) is 4. The first-order valence-electron chi connectivity index (χ1n) is 8.38. The zero-order valence-corrected chi connectivity index (χ0v) is 13.8. The van der Waals surface area contributed by atoms with Crippen LogP contribution in [0.4, 0.5) is 4.79 Å². The molecule has 1 N–H and O–H groups in total. The Morgan fingerprint density at radius 3 is 2.70 bits per heavy atom. The molecule has 3 rings (SSSR count). The van der Waals surface area contributed by atoms with Crippen LogP contribution in [0.5, 0.6) is 0 Å². The van der Waals surface area contributed by atoms with Crippen LogP contribution >= 0.6 is 0 Å². The number of likely N-dealkylation sites (N-methyl/N-ethyl adjacent to an activating group) is 1. The lowest BCUT2D eigenvalue weighted by Crippen LogP contribution is -2.64. The highest BCUT2D eigenvalue weighted by atomic mass is 16.5. The van der Waals surface area contributed by atoms with Crippen LogP contribution in [0, 0.1) is 0 Å². The highest BCUT2D eigenvalue weighted by Gasteiger charge is 2.49. The smallest absolute Gasteiger partial charge is 0.325 e. The molecule has 8 nitrogen and oxygen atoms in total. The fourth-order valence-electron chi connectivity index (χ4n) is 3.31. The van der Waals surface area contributed by atoms with Gasteiger partial charge in [0.2, 0.25) is 0 Å². The Balaban J connectivity index is 1.84. The predicted octanol–water partition coefficient (Wildman–Crippen LogP) is 0.0567. The molecule has 0 radical (unpaired) electrons. The number of hydrogen-bond donors (Lipinski definition) is 1. The number of guanidine groups is 1. The van der Waals surface area contributed by atoms with Gasteiger partial charge in [0, 0.05) is 26.7 Å². The molecule has 2 atom stereocenters. The van der Waals surface area contributed by atoms with Crippen molar-refractivity contribution < 1.29 is 14.3 Å². The van der Waals surface area contributed by atoms with Crippen molar-refractivity contribution in [3.8, 4) is 0 Å². The molecule has 2 saturated heterocycles. The summed E-state index contributed by atoms with van der Waals surface area (Å²) in [5, 5.41) is 2.43. The van der Waals surface area contributed by atoms with Crippen molar-refractivity contribution >= 4 is 17.9 Å². The quantitative estimate of drug-likeness (QED) is 0.740. The van der Waals surface area contributed by atoms with Crippen LogP contribution in [0.1, 0.15) is 26.2 Å². The number of aliphatic imine (C=N–C) groups is 1. The molecule has 0 aromatic rings. The average Bonchev–Trinajstić information content (AvgIpc) is 2.94. The molecule has 3 aliphatic heterocycles. The average molecular weight is 323 g/mol. The molecule has 0 aromatic heterocycles. The van der Waals surface area contributed by atoms with E-state index in [4.69, 9.17) is 9.73 Å². The summed E-state index contributed by atoms with van der Waals surface area (Å²) in [6.45, 7) is 5.80. The maximum absolute atomic E-state index is 12.4. The summed E-state index contributed by atoms with van der Waals surface area (Å²) < 4.78 is 5.41. The number of carbonyl (C=O) groups excluding carboxylic acids is 2. The van der Waals surface area contributed by atoms with E-state index in [0.717, 1.165) is 44.9 Å². The molecule has 8 heteroatoms. The van der Waals surface area contributed by atoms with Gasteiger partial charge in [-0.3, -0.25) is 10.1 Å². The van der Waals surface area contributed by atoms with Gasteiger partial charge in [-0.05, 0) is 6.42 Å². The number of rotatable bonds is 4. The van der Waals surface area contributed by atoms with Crippen molar-refractivity contribution in [2.45, 2.75) is 38.4 Å². The summed E-state index contributed by atoms with van der Waals surface area (Å²) in [5.41, 5.74) is 0. The standard InChI is InChI=1S/C15H25N5O3/c1-3-4-5-6-20-11-12(18(2)15(22)17-13(11)21)16-14(20)19-7-9-23-10-8-19/h11-12H,3-10H2,1-2H3,(H,17,21,22). The zero-order valence-electron chi connectivity index (χ0n) is 13.8. The molecule has 0 spiro atoms. The van der Waals surface area contributed by atoms with E-state index in [2.05, 4.69) is 22.0 Å². The summed E-state index contributed by atoms with van der Waals surface area (Å²) in [5.74, 6) is 0.581. The molecule has 3 heterocycles. The number of nitrogens with one attached hydrogen (secondary N) is 1. The van der Waals surface area contributed by atoms with E-state index in [1.165, 1.54) is 4.90 Å². The summed E-state index contributed by atoms with van der Waals surface area (Å²) >= 11 is 0. The first kappa shape index (κ1) is 16.0. The van der Waals surface area contributed by atoms with Gasteiger partial charge in [-0.2, -0.15) is 0 Å². The van der Waals surface area contributed by atoms with Crippen LogP contribution in [0.15, 0.2) is 4.99 Å². The lowest BCUT2D eigenvalue weighted by Gasteiger charge is -2.38. The Labute approximate surface area is 136 Å². The monoisotopic (exact) mass is 323 g/mol. The van der Waals surface area contributed by atoms with Crippen molar-refractivity contribution in [3.05, 3.63) is 0 Å². The van der Waals surface area contributed by atoms with Gasteiger partial charge in [-0.15, -0.1) is 0 Å². The van der Waals surface area contributed by atoms with Gasteiger partial charge in [-0.25, -0.2) is 9.79 Å². The second-order valence-corrected chi connectivity index (χ2v) is 6.19. The molecule has 23 heavy (non-hydrogen) atoms. The minimum Gasteiger partial charge on any atom is -0.378 e. The first-order chi connectivity index (χ1) is 11.1. The summed E-state index contributed by atoms with van der Waals surface area (Å²) in [6, 6.07) is -0.802. The predicted molar refractivity (Wildman–Crippen MR) is 84.9 cm³/mol. The minimum absolute atomic E-state index is 0.249. The third kappa shape index (κ3) is 2.99. The van der Waals surface area contributed by atoms with Crippen molar-refractivity contribution in [3.63, 3.8) is 0 Å². The van der Waals surface area contributed by atoms with E-state index in [1.54, 1.807) is 7.05 Å². The Bertz CT molecular complexity index is 503. The molecular formula is C15H25N5O3. The Morgan fingerprint density at radius 2 is 2.00 bits per heavy atom. The third-order valence-electron chi connectivity index (χ3n) is 4.64.